The van der Waals surface area contributed by atoms with Crippen LogP contribution in [0.4, 0.5) is 0 Å². The highest BCUT2D eigenvalue weighted by molar-refractivity contribution is 5.96. The van der Waals surface area contributed by atoms with E-state index in [0.717, 1.165) is 6.42 Å². The van der Waals surface area contributed by atoms with E-state index in [-0.39, 0.29) is 35.1 Å². The van der Waals surface area contributed by atoms with Gasteiger partial charge in [0.05, 0.1) is 11.8 Å². The van der Waals surface area contributed by atoms with Gasteiger partial charge < -0.3 is 4.74 Å². The summed E-state index contributed by atoms with van der Waals surface area (Å²) < 4.78 is 4.80. The van der Waals surface area contributed by atoms with Crippen LogP contribution in [-0.4, -0.2) is 11.9 Å². The van der Waals surface area contributed by atoms with E-state index in [1.54, 1.807) is 0 Å². The topological polar surface area (TPSA) is 43.4 Å². The normalized spacial score (nSPS) is 25.9. The number of ether oxygens (including phenoxy) is 1. The second-order valence-corrected chi connectivity index (χ2v) is 6.46. The monoisotopic (exact) mass is 240 g/mol. The van der Waals surface area contributed by atoms with Crippen LogP contribution < -0.4 is 0 Å². The Morgan fingerprint density at radius 2 is 1.65 bits per heavy atom. The molecule has 98 valence electrons. The van der Waals surface area contributed by atoms with E-state index in [1.807, 2.05) is 13.8 Å². The minimum Gasteiger partial charge on any atom is -0.393 e. The van der Waals surface area contributed by atoms with Gasteiger partial charge in [0.2, 0.25) is 0 Å². The van der Waals surface area contributed by atoms with Gasteiger partial charge in [-0.15, -0.1) is 0 Å². The Balaban J connectivity index is 2.88. The number of cyclic esters (lactones) is 2. The SMILES string of the molecule is CC(C)C1C(=O)OC(=O)C1CC(C)(C)C(C)C. The average Bonchev–Trinajstić information content (AvgIpc) is 2.40. The fraction of sp³-hybridized carbons (Fsp3) is 0.857. The molecule has 0 saturated carbocycles. The van der Waals surface area contributed by atoms with Crippen molar-refractivity contribution in [3.05, 3.63) is 0 Å². The molecule has 0 aromatic heterocycles. The van der Waals surface area contributed by atoms with Crippen molar-refractivity contribution < 1.29 is 14.3 Å². The number of rotatable bonds is 4. The molecule has 2 atom stereocenters. The van der Waals surface area contributed by atoms with E-state index < -0.39 is 0 Å². The number of carbonyl (C=O) groups excluding carboxylic acids is 2. The van der Waals surface area contributed by atoms with Crippen LogP contribution in [0.5, 0.6) is 0 Å². The first-order valence-corrected chi connectivity index (χ1v) is 6.42. The summed E-state index contributed by atoms with van der Waals surface area (Å²) in [5.41, 5.74) is 0.0431. The molecule has 0 spiro atoms. The molecule has 1 heterocycles. The smallest absolute Gasteiger partial charge is 0.317 e. The van der Waals surface area contributed by atoms with E-state index >= 15 is 0 Å². The quantitative estimate of drug-likeness (QED) is 0.560. The summed E-state index contributed by atoms with van der Waals surface area (Å²) in [4.78, 5) is 23.4. The molecule has 0 radical (unpaired) electrons. The van der Waals surface area contributed by atoms with Crippen molar-refractivity contribution in [3.63, 3.8) is 0 Å². The van der Waals surface area contributed by atoms with E-state index in [9.17, 15) is 9.59 Å². The molecule has 0 aliphatic carbocycles. The average molecular weight is 240 g/mol. The predicted molar refractivity (Wildman–Crippen MR) is 66.2 cm³/mol. The molecule has 1 aliphatic heterocycles. The van der Waals surface area contributed by atoms with Crippen molar-refractivity contribution in [3.8, 4) is 0 Å². The fourth-order valence-corrected chi connectivity index (χ4v) is 2.30. The zero-order valence-electron chi connectivity index (χ0n) is 11.7. The highest BCUT2D eigenvalue weighted by Crippen LogP contribution is 2.41. The van der Waals surface area contributed by atoms with Crippen LogP contribution in [-0.2, 0) is 14.3 Å². The summed E-state index contributed by atoms with van der Waals surface area (Å²) in [6, 6.07) is 0. The third-order valence-electron chi connectivity index (χ3n) is 4.24. The summed E-state index contributed by atoms with van der Waals surface area (Å²) in [7, 11) is 0. The van der Waals surface area contributed by atoms with Gasteiger partial charge in [0.25, 0.3) is 0 Å². The maximum Gasteiger partial charge on any atom is 0.317 e. The minimum atomic E-state index is -0.338. The molecule has 1 fully saturated rings. The largest absolute Gasteiger partial charge is 0.393 e. The first-order chi connectivity index (χ1) is 7.66. The number of hydrogen-bond acceptors (Lipinski definition) is 3. The molecule has 0 amide bonds. The summed E-state index contributed by atoms with van der Waals surface area (Å²) in [5.74, 6) is -0.571. The Kier molecular flexibility index (Phi) is 4.00. The minimum absolute atomic E-state index is 0.0431. The Labute approximate surface area is 104 Å². The molecule has 3 heteroatoms. The molecule has 1 rings (SSSR count). The Hall–Kier alpha value is -0.860. The van der Waals surface area contributed by atoms with Crippen molar-refractivity contribution in [2.45, 2.75) is 48.0 Å². The van der Waals surface area contributed by atoms with Gasteiger partial charge >= 0.3 is 11.9 Å². The van der Waals surface area contributed by atoms with Gasteiger partial charge in [0.1, 0.15) is 0 Å². The van der Waals surface area contributed by atoms with E-state index in [0.29, 0.717) is 5.92 Å². The van der Waals surface area contributed by atoms with Crippen LogP contribution in [0.2, 0.25) is 0 Å². The van der Waals surface area contributed by atoms with Crippen LogP contribution in [0.15, 0.2) is 0 Å². The number of carbonyl (C=O) groups is 2. The molecule has 0 N–H and O–H groups in total. The van der Waals surface area contributed by atoms with Crippen LogP contribution >= 0.6 is 0 Å². The lowest BCUT2D eigenvalue weighted by Gasteiger charge is -2.32. The Morgan fingerprint density at radius 1 is 1.12 bits per heavy atom. The molecule has 3 nitrogen and oxygen atoms in total. The highest BCUT2D eigenvalue weighted by atomic mass is 16.6. The van der Waals surface area contributed by atoms with Gasteiger partial charge in [0, 0.05) is 0 Å². The molecule has 17 heavy (non-hydrogen) atoms. The van der Waals surface area contributed by atoms with Crippen LogP contribution in [0.3, 0.4) is 0 Å². The molecule has 0 aromatic carbocycles. The molecular weight excluding hydrogens is 216 g/mol. The van der Waals surface area contributed by atoms with Gasteiger partial charge in [-0.25, -0.2) is 0 Å². The summed E-state index contributed by atoms with van der Waals surface area (Å²) in [5, 5.41) is 0. The van der Waals surface area contributed by atoms with Gasteiger partial charge in [-0.2, -0.15) is 0 Å². The maximum atomic E-state index is 11.8. The van der Waals surface area contributed by atoms with Crippen molar-refractivity contribution >= 4 is 11.9 Å². The van der Waals surface area contributed by atoms with Gasteiger partial charge in [0.15, 0.2) is 0 Å². The maximum absolute atomic E-state index is 11.8. The second-order valence-electron chi connectivity index (χ2n) is 6.46. The summed E-state index contributed by atoms with van der Waals surface area (Å²) in [6.07, 6.45) is 0.720. The van der Waals surface area contributed by atoms with Crippen molar-refractivity contribution in [2.75, 3.05) is 0 Å². The lowest BCUT2D eigenvalue weighted by Crippen LogP contribution is -2.30. The van der Waals surface area contributed by atoms with Crippen LogP contribution in [0.1, 0.15) is 48.0 Å². The molecule has 0 aromatic rings. The zero-order chi connectivity index (χ0) is 13.4. The molecule has 0 bridgehead atoms. The zero-order valence-corrected chi connectivity index (χ0v) is 11.7. The van der Waals surface area contributed by atoms with Crippen LogP contribution in [0, 0.1) is 29.1 Å². The molecule has 2 unspecified atom stereocenters. The van der Waals surface area contributed by atoms with Gasteiger partial charge in [-0.1, -0.05) is 41.5 Å². The molecule has 1 saturated heterocycles. The van der Waals surface area contributed by atoms with Crippen molar-refractivity contribution in [1.82, 2.24) is 0 Å². The standard InChI is InChI=1S/C14H24O3/c1-8(2)11-10(12(15)17-13(11)16)7-14(5,6)9(3)4/h8-11H,7H2,1-6H3. The third kappa shape index (κ3) is 2.88. The lowest BCUT2D eigenvalue weighted by atomic mass is 9.70. The van der Waals surface area contributed by atoms with E-state index in [1.165, 1.54) is 0 Å². The number of esters is 2. The van der Waals surface area contributed by atoms with E-state index in [4.69, 9.17) is 4.74 Å². The summed E-state index contributed by atoms with van der Waals surface area (Å²) in [6.45, 7) is 12.5. The van der Waals surface area contributed by atoms with Crippen LogP contribution in [0.25, 0.3) is 0 Å². The first kappa shape index (κ1) is 14.2. The van der Waals surface area contributed by atoms with Crippen molar-refractivity contribution in [1.29, 1.82) is 0 Å². The fourth-order valence-electron chi connectivity index (χ4n) is 2.30. The summed E-state index contributed by atoms with van der Waals surface area (Å²) >= 11 is 0. The van der Waals surface area contributed by atoms with Gasteiger partial charge in [-0.3, -0.25) is 9.59 Å². The predicted octanol–water partition coefficient (Wildman–Crippen LogP) is 3.03. The Morgan fingerprint density at radius 3 is 2.06 bits per heavy atom. The third-order valence-corrected chi connectivity index (χ3v) is 4.24. The van der Waals surface area contributed by atoms with Gasteiger partial charge in [-0.05, 0) is 23.7 Å². The highest BCUT2D eigenvalue weighted by Gasteiger charge is 2.47. The molecule has 1 aliphatic rings. The van der Waals surface area contributed by atoms with E-state index in [2.05, 4.69) is 27.7 Å². The second kappa shape index (κ2) is 4.79. The van der Waals surface area contributed by atoms with Crippen molar-refractivity contribution in [2.24, 2.45) is 29.1 Å². The lowest BCUT2D eigenvalue weighted by molar-refractivity contribution is -0.154. The molecular formula is C14H24O3. The Bertz CT molecular complexity index is 315. The number of hydrogen-bond donors (Lipinski definition) is 0. The first-order valence-electron chi connectivity index (χ1n) is 6.42.